The second kappa shape index (κ2) is 5.52. The van der Waals surface area contributed by atoms with Crippen molar-refractivity contribution in [2.75, 3.05) is 13.1 Å². The summed E-state index contributed by atoms with van der Waals surface area (Å²) in [5, 5.41) is 0.794. The van der Waals surface area contributed by atoms with Crippen LogP contribution >= 0.6 is 11.6 Å². The summed E-state index contributed by atoms with van der Waals surface area (Å²) in [4.78, 5) is 13.4. The Labute approximate surface area is 107 Å². The summed E-state index contributed by atoms with van der Waals surface area (Å²) >= 11 is 6.10. The first-order valence-electron chi connectivity index (χ1n) is 5.95. The van der Waals surface area contributed by atoms with Crippen molar-refractivity contribution in [1.29, 1.82) is 0 Å². The van der Waals surface area contributed by atoms with Crippen LogP contribution in [-0.2, 0) is 11.2 Å². The first-order valence-corrected chi connectivity index (χ1v) is 6.33. The Morgan fingerprint density at radius 2 is 2.24 bits per heavy atom. The molecule has 1 aromatic rings. The van der Waals surface area contributed by atoms with Gasteiger partial charge in [0.2, 0.25) is 5.91 Å². The number of hydrogen-bond acceptors (Lipinski definition) is 2. The number of halogens is 1. The van der Waals surface area contributed by atoms with Crippen molar-refractivity contribution < 1.29 is 4.79 Å². The van der Waals surface area contributed by atoms with Crippen LogP contribution in [0.1, 0.15) is 18.4 Å². The summed E-state index contributed by atoms with van der Waals surface area (Å²) in [5.74, 6) is -0.207. The van der Waals surface area contributed by atoms with E-state index in [4.69, 9.17) is 17.3 Å². The van der Waals surface area contributed by atoms with Crippen molar-refractivity contribution in [2.24, 2.45) is 5.73 Å². The van der Waals surface area contributed by atoms with Crippen LogP contribution in [-0.4, -0.2) is 29.9 Å². The Bertz CT molecular complexity index is 408. The number of primary amides is 1. The standard InChI is InChI=1S/C13H17ClN2O/c14-11-5-2-1-4-10(11)7-9-16-8-3-6-12(16)13(15)17/h1-2,4-5,12H,3,6-9H2,(H2,15,17). The highest BCUT2D eigenvalue weighted by molar-refractivity contribution is 6.31. The highest BCUT2D eigenvalue weighted by Gasteiger charge is 2.28. The van der Waals surface area contributed by atoms with Crippen LogP contribution in [0.2, 0.25) is 5.02 Å². The minimum absolute atomic E-state index is 0.0857. The van der Waals surface area contributed by atoms with E-state index in [9.17, 15) is 4.79 Å². The fourth-order valence-corrected chi connectivity index (χ4v) is 2.61. The molecular formula is C13H17ClN2O. The zero-order valence-corrected chi connectivity index (χ0v) is 10.5. The molecule has 0 bridgehead atoms. The van der Waals surface area contributed by atoms with E-state index in [-0.39, 0.29) is 11.9 Å². The van der Waals surface area contributed by atoms with Gasteiger partial charge in [0.25, 0.3) is 0 Å². The van der Waals surface area contributed by atoms with Crippen LogP contribution in [0.15, 0.2) is 24.3 Å². The van der Waals surface area contributed by atoms with Crippen molar-refractivity contribution in [2.45, 2.75) is 25.3 Å². The lowest BCUT2D eigenvalue weighted by atomic mass is 10.1. The third kappa shape index (κ3) is 2.99. The average Bonchev–Trinajstić information content (AvgIpc) is 2.76. The summed E-state index contributed by atoms with van der Waals surface area (Å²) in [6, 6.07) is 7.74. The largest absolute Gasteiger partial charge is 0.368 e. The molecule has 1 aliphatic heterocycles. The maximum atomic E-state index is 11.2. The minimum atomic E-state index is -0.207. The molecule has 1 unspecified atom stereocenters. The molecule has 0 radical (unpaired) electrons. The molecule has 2 N–H and O–H groups in total. The average molecular weight is 253 g/mol. The summed E-state index contributed by atoms with van der Waals surface area (Å²) in [7, 11) is 0. The predicted molar refractivity (Wildman–Crippen MR) is 68.9 cm³/mol. The lowest BCUT2D eigenvalue weighted by Crippen LogP contribution is -2.41. The zero-order chi connectivity index (χ0) is 12.3. The van der Waals surface area contributed by atoms with Gasteiger partial charge in [-0.25, -0.2) is 0 Å². The molecule has 1 heterocycles. The molecule has 4 heteroatoms. The second-order valence-electron chi connectivity index (χ2n) is 4.44. The number of nitrogens with zero attached hydrogens (tertiary/aromatic N) is 1. The molecule has 1 saturated heterocycles. The SMILES string of the molecule is NC(=O)C1CCCN1CCc1ccccc1Cl. The van der Waals surface area contributed by atoms with E-state index in [2.05, 4.69) is 4.90 Å². The van der Waals surface area contributed by atoms with Crippen molar-refractivity contribution in [3.05, 3.63) is 34.9 Å². The van der Waals surface area contributed by atoms with E-state index in [0.717, 1.165) is 42.9 Å². The van der Waals surface area contributed by atoms with Crippen LogP contribution in [0, 0.1) is 0 Å². The maximum Gasteiger partial charge on any atom is 0.234 e. The highest BCUT2D eigenvalue weighted by atomic mass is 35.5. The van der Waals surface area contributed by atoms with E-state index in [1.165, 1.54) is 0 Å². The number of benzene rings is 1. The molecule has 1 fully saturated rings. The normalized spacial score (nSPS) is 20.6. The fourth-order valence-electron chi connectivity index (χ4n) is 2.38. The van der Waals surface area contributed by atoms with E-state index in [1.807, 2.05) is 24.3 Å². The summed E-state index contributed by atoms with van der Waals surface area (Å²) < 4.78 is 0. The molecular weight excluding hydrogens is 236 g/mol. The molecule has 92 valence electrons. The number of hydrogen-bond donors (Lipinski definition) is 1. The number of carbonyl (C=O) groups is 1. The third-order valence-electron chi connectivity index (χ3n) is 3.32. The van der Waals surface area contributed by atoms with Gasteiger partial charge in [0.15, 0.2) is 0 Å². The Morgan fingerprint density at radius 1 is 1.47 bits per heavy atom. The second-order valence-corrected chi connectivity index (χ2v) is 4.84. The van der Waals surface area contributed by atoms with Crippen LogP contribution in [0.4, 0.5) is 0 Å². The van der Waals surface area contributed by atoms with Crippen LogP contribution < -0.4 is 5.73 Å². The number of nitrogens with two attached hydrogens (primary N) is 1. The first kappa shape index (κ1) is 12.4. The summed E-state index contributed by atoms with van der Waals surface area (Å²) in [6.07, 6.45) is 2.80. The van der Waals surface area contributed by atoms with Crippen molar-refractivity contribution >= 4 is 17.5 Å². The zero-order valence-electron chi connectivity index (χ0n) is 9.73. The van der Waals surface area contributed by atoms with Crippen molar-refractivity contribution in [1.82, 2.24) is 4.90 Å². The van der Waals surface area contributed by atoms with Crippen LogP contribution in [0.5, 0.6) is 0 Å². The van der Waals surface area contributed by atoms with Gasteiger partial charge in [-0.2, -0.15) is 0 Å². The predicted octanol–water partition coefficient (Wildman–Crippen LogP) is 1.83. The molecule has 2 rings (SSSR count). The Morgan fingerprint density at radius 3 is 2.94 bits per heavy atom. The molecule has 1 aromatic carbocycles. The van der Waals surface area contributed by atoms with Gasteiger partial charge in [0.1, 0.15) is 0 Å². The Kier molecular flexibility index (Phi) is 4.02. The van der Waals surface area contributed by atoms with E-state index in [1.54, 1.807) is 0 Å². The summed E-state index contributed by atoms with van der Waals surface area (Å²) in [5.41, 5.74) is 6.51. The maximum absolute atomic E-state index is 11.2. The van der Waals surface area contributed by atoms with E-state index in [0.29, 0.717) is 0 Å². The van der Waals surface area contributed by atoms with E-state index >= 15 is 0 Å². The number of rotatable bonds is 4. The van der Waals surface area contributed by atoms with Crippen LogP contribution in [0.25, 0.3) is 0 Å². The minimum Gasteiger partial charge on any atom is -0.368 e. The van der Waals surface area contributed by atoms with Gasteiger partial charge in [0, 0.05) is 11.6 Å². The Balaban J connectivity index is 1.94. The molecule has 1 atom stereocenters. The van der Waals surface area contributed by atoms with Gasteiger partial charge in [0.05, 0.1) is 6.04 Å². The smallest absolute Gasteiger partial charge is 0.234 e. The lowest BCUT2D eigenvalue weighted by molar-refractivity contribution is -0.122. The topological polar surface area (TPSA) is 46.3 Å². The monoisotopic (exact) mass is 252 g/mol. The fraction of sp³-hybridized carbons (Fsp3) is 0.462. The van der Waals surface area contributed by atoms with Gasteiger partial charge in [-0.15, -0.1) is 0 Å². The van der Waals surface area contributed by atoms with Gasteiger partial charge >= 0.3 is 0 Å². The molecule has 0 saturated carbocycles. The van der Waals surface area contributed by atoms with Crippen molar-refractivity contribution in [3.8, 4) is 0 Å². The van der Waals surface area contributed by atoms with E-state index < -0.39 is 0 Å². The quantitative estimate of drug-likeness (QED) is 0.889. The van der Waals surface area contributed by atoms with Crippen molar-refractivity contribution in [3.63, 3.8) is 0 Å². The molecule has 0 spiro atoms. The molecule has 0 aromatic heterocycles. The molecule has 1 amide bonds. The number of likely N-dealkylation sites (tertiary alicyclic amines) is 1. The molecule has 1 aliphatic rings. The number of amides is 1. The highest BCUT2D eigenvalue weighted by Crippen LogP contribution is 2.20. The lowest BCUT2D eigenvalue weighted by Gasteiger charge is -2.21. The molecule has 17 heavy (non-hydrogen) atoms. The molecule has 3 nitrogen and oxygen atoms in total. The molecule has 0 aliphatic carbocycles. The number of carbonyl (C=O) groups excluding carboxylic acids is 1. The van der Waals surface area contributed by atoms with Gasteiger partial charge in [-0.1, -0.05) is 29.8 Å². The first-order chi connectivity index (χ1) is 8.18. The van der Waals surface area contributed by atoms with Crippen LogP contribution in [0.3, 0.4) is 0 Å². The van der Waals surface area contributed by atoms with Gasteiger partial charge < -0.3 is 5.73 Å². The van der Waals surface area contributed by atoms with Gasteiger partial charge in [-0.05, 0) is 37.4 Å². The van der Waals surface area contributed by atoms with Gasteiger partial charge in [-0.3, -0.25) is 9.69 Å². The Hall–Kier alpha value is -1.06. The summed E-state index contributed by atoms with van der Waals surface area (Å²) in [6.45, 7) is 1.80. The third-order valence-corrected chi connectivity index (χ3v) is 3.69.